The van der Waals surface area contributed by atoms with Crippen LogP contribution in [0.15, 0.2) is 73.1 Å². The second-order valence-corrected chi connectivity index (χ2v) is 18.7. The molecular formula is C53H64N12O6. The molecule has 71 heavy (non-hydrogen) atoms. The number of nitrogens with zero attached hydrogens (tertiary/aromatic N) is 10. The van der Waals surface area contributed by atoms with Crippen molar-refractivity contribution in [3.8, 4) is 34.5 Å². The van der Waals surface area contributed by atoms with E-state index in [0.717, 1.165) is 107 Å². The first-order chi connectivity index (χ1) is 34.6. The Kier molecular flexibility index (Phi) is 13.5. The molecule has 2 aliphatic heterocycles. The lowest BCUT2D eigenvalue weighted by atomic mass is 10.0. The molecule has 2 aromatic carbocycles. The van der Waals surface area contributed by atoms with E-state index in [0.29, 0.717) is 73.5 Å². The third-order valence-corrected chi connectivity index (χ3v) is 14.6. The van der Waals surface area contributed by atoms with Crippen LogP contribution in [0.25, 0.3) is 67.2 Å². The molecule has 0 spiro atoms. The number of imidazole rings is 2. The highest BCUT2D eigenvalue weighted by atomic mass is 16.5. The number of likely N-dealkylation sites (tertiary alicyclic amines) is 2. The number of hydrogen-bond acceptors (Lipinski definition) is 12. The van der Waals surface area contributed by atoms with Crippen LogP contribution in [0.5, 0.6) is 11.5 Å². The SMILES string of the molecule is CCn1c(-c2nc3cc(C(=O)N4CCC[C@@H](N)C4)cc(OC)c3n2CCOC)cc2cccnc21.CCn1c(-c2nc3cc(C(=O)N4C[C@H]5CC[C@@H]4[C@@H]5N)cc(OC)c3n2CCOC)cc2cccnc21. The minimum Gasteiger partial charge on any atom is -0.494 e. The summed E-state index contributed by atoms with van der Waals surface area (Å²) in [5.41, 5.74) is 20.5. The molecule has 18 heteroatoms. The Morgan fingerprint density at radius 2 is 1.20 bits per heavy atom. The lowest BCUT2D eigenvalue weighted by Crippen LogP contribution is -2.45. The zero-order valence-corrected chi connectivity index (χ0v) is 41.5. The van der Waals surface area contributed by atoms with Crippen LogP contribution < -0.4 is 20.9 Å². The van der Waals surface area contributed by atoms with E-state index in [9.17, 15) is 9.59 Å². The highest BCUT2D eigenvalue weighted by Crippen LogP contribution is 2.40. The van der Waals surface area contributed by atoms with Gasteiger partial charge in [0.25, 0.3) is 11.8 Å². The highest BCUT2D eigenvalue weighted by molar-refractivity contribution is 6.01. The lowest BCUT2D eigenvalue weighted by Gasteiger charge is -2.30. The van der Waals surface area contributed by atoms with Crippen LogP contribution in [0.2, 0.25) is 0 Å². The van der Waals surface area contributed by atoms with Crippen LogP contribution in [0.1, 0.15) is 60.2 Å². The largest absolute Gasteiger partial charge is 0.494 e. The minimum absolute atomic E-state index is 0.00212. The van der Waals surface area contributed by atoms with Crippen molar-refractivity contribution in [2.45, 2.75) is 83.8 Å². The van der Waals surface area contributed by atoms with Gasteiger partial charge in [-0.25, -0.2) is 19.9 Å². The summed E-state index contributed by atoms with van der Waals surface area (Å²) in [6.45, 7) is 9.91. The maximum absolute atomic E-state index is 13.6. The van der Waals surface area contributed by atoms with Crippen molar-refractivity contribution < 1.29 is 28.5 Å². The fraction of sp³-hybridized carbons (Fsp3) is 0.434. The number of aromatic nitrogens is 8. The molecule has 1 saturated carbocycles. The number of carbonyl (C=O) groups excluding carboxylic acids is 2. The number of nitrogens with two attached hydrogens (primary N) is 2. The Morgan fingerprint density at radius 1 is 0.662 bits per heavy atom. The van der Waals surface area contributed by atoms with Gasteiger partial charge in [0.1, 0.15) is 33.8 Å². The summed E-state index contributed by atoms with van der Waals surface area (Å²) in [7, 11) is 6.63. The zero-order valence-electron chi connectivity index (χ0n) is 41.5. The van der Waals surface area contributed by atoms with Crippen molar-refractivity contribution in [2.24, 2.45) is 17.4 Å². The van der Waals surface area contributed by atoms with Gasteiger partial charge in [-0.15, -0.1) is 0 Å². The van der Waals surface area contributed by atoms with Crippen LogP contribution in [-0.4, -0.2) is 139 Å². The van der Waals surface area contributed by atoms with Gasteiger partial charge in [0, 0.05) is 112 Å². The summed E-state index contributed by atoms with van der Waals surface area (Å²) in [6.07, 6.45) is 7.55. The summed E-state index contributed by atoms with van der Waals surface area (Å²) in [6, 6.07) is 19.9. The monoisotopic (exact) mass is 965 g/mol. The number of hydrogen-bond donors (Lipinski definition) is 2. The van der Waals surface area contributed by atoms with Gasteiger partial charge in [-0.2, -0.15) is 0 Å². The third-order valence-electron chi connectivity index (χ3n) is 14.6. The Balaban J connectivity index is 0.000000164. The Labute approximate surface area is 412 Å². The Hall–Kier alpha value is -6.86. The van der Waals surface area contributed by atoms with Crippen LogP contribution in [0, 0.1) is 5.92 Å². The lowest BCUT2D eigenvalue weighted by molar-refractivity contribution is 0.0696. The van der Waals surface area contributed by atoms with E-state index in [1.807, 2.05) is 52.4 Å². The fourth-order valence-electron chi connectivity index (χ4n) is 11.2. The number of amides is 2. The molecule has 0 unspecified atom stereocenters. The molecule has 6 aromatic heterocycles. The number of aryl methyl sites for hydroxylation is 2. The quantitative estimate of drug-likeness (QED) is 0.119. The number of pyridine rings is 2. The van der Waals surface area contributed by atoms with Gasteiger partial charge in [-0.05, 0) is 106 Å². The van der Waals surface area contributed by atoms with Crippen molar-refractivity contribution in [2.75, 3.05) is 61.3 Å². The normalized spacial score (nSPS) is 18.8. The third kappa shape index (κ3) is 8.55. The molecule has 3 fully saturated rings. The van der Waals surface area contributed by atoms with Crippen molar-refractivity contribution in [3.63, 3.8) is 0 Å². The molecule has 2 saturated heterocycles. The second kappa shape index (κ2) is 20.1. The second-order valence-electron chi connectivity index (χ2n) is 18.7. The van der Waals surface area contributed by atoms with Gasteiger partial charge in [-0.3, -0.25) is 9.59 Å². The number of piperidine rings is 2. The van der Waals surface area contributed by atoms with E-state index in [1.54, 1.807) is 34.6 Å². The van der Waals surface area contributed by atoms with Gasteiger partial charge in [0.2, 0.25) is 0 Å². The summed E-state index contributed by atoms with van der Waals surface area (Å²) in [5, 5.41) is 2.11. The van der Waals surface area contributed by atoms with Gasteiger partial charge >= 0.3 is 0 Å². The van der Waals surface area contributed by atoms with Crippen LogP contribution in [0.3, 0.4) is 0 Å². The Morgan fingerprint density at radius 3 is 1.65 bits per heavy atom. The highest BCUT2D eigenvalue weighted by Gasteiger charge is 2.47. The molecule has 0 radical (unpaired) electrons. The molecule has 372 valence electrons. The number of rotatable bonds is 14. The average molecular weight is 965 g/mol. The molecule has 8 aromatic rings. The van der Waals surface area contributed by atoms with Crippen molar-refractivity contribution in [1.29, 1.82) is 0 Å². The first-order valence-corrected chi connectivity index (χ1v) is 24.8. The van der Waals surface area contributed by atoms with E-state index >= 15 is 0 Å². The molecule has 1 aliphatic carbocycles. The number of fused-ring (bicyclic) bond motifs is 6. The molecule has 8 heterocycles. The molecule has 18 nitrogen and oxygen atoms in total. The summed E-state index contributed by atoms with van der Waals surface area (Å²) < 4.78 is 31.0. The van der Waals surface area contributed by atoms with Crippen molar-refractivity contribution >= 4 is 55.9 Å². The maximum atomic E-state index is 13.6. The predicted molar refractivity (Wildman–Crippen MR) is 274 cm³/mol. The summed E-state index contributed by atoms with van der Waals surface area (Å²) in [5.74, 6) is 3.18. The standard InChI is InChI=1S/C27H32N6O3.C26H32N6O3/c1-4-31-21(13-16-6-5-9-29-25(16)31)26-30-19-12-18(14-22(36-3)24(19)32(26)10-11-35-2)27(34)33-15-17-7-8-20(33)23(17)28;1-4-31-21(14-17-7-5-9-28-24(17)31)25-29-20-13-18(26(33)30-10-6-8-19(27)16-30)15-22(35-3)23(20)32(25)11-12-34-2/h5-6,9,12-14,17,20,23H,4,7-8,10-11,15,28H2,1-3H3;5,7,9,13-15,19H,4,6,8,10-12,16,27H2,1-3H3/t17-,20-,23-;19-/m11/s1. The number of carbonyl (C=O) groups is 2. The van der Waals surface area contributed by atoms with Crippen LogP contribution in [0.4, 0.5) is 0 Å². The van der Waals surface area contributed by atoms with Crippen LogP contribution in [-0.2, 0) is 35.7 Å². The van der Waals surface area contributed by atoms with E-state index in [-0.39, 0.29) is 29.9 Å². The molecule has 2 amide bonds. The van der Waals surface area contributed by atoms with Gasteiger partial charge in [0.05, 0.1) is 49.9 Å². The van der Waals surface area contributed by atoms with Crippen LogP contribution >= 0.6 is 0 Å². The van der Waals surface area contributed by atoms with Crippen molar-refractivity contribution in [3.05, 3.63) is 84.2 Å². The molecule has 11 rings (SSSR count). The van der Waals surface area contributed by atoms with E-state index in [2.05, 4.69) is 66.3 Å². The molecule has 2 bridgehead atoms. The summed E-state index contributed by atoms with van der Waals surface area (Å²) in [4.78, 5) is 50.0. The summed E-state index contributed by atoms with van der Waals surface area (Å²) >= 11 is 0. The maximum Gasteiger partial charge on any atom is 0.254 e. The number of ether oxygens (including phenoxy) is 4. The van der Waals surface area contributed by atoms with E-state index in [4.69, 9.17) is 40.4 Å². The van der Waals surface area contributed by atoms with Gasteiger partial charge < -0.3 is 58.5 Å². The molecule has 4 N–H and O–H groups in total. The van der Waals surface area contributed by atoms with E-state index in [1.165, 1.54) is 0 Å². The average Bonchev–Trinajstić information content (AvgIpc) is 4.26. The Bertz CT molecular complexity index is 3260. The van der Waals surface area contributed by atoms with Crippen molar-refractivity contribution in [1.82, 2.24) is 48.0 Å². The zero-order chi connectivity index (χ0) is 49.5. The van der Waals surface area contributed by atoms with Gasteiger partial charge in [-0.1, -0.05) is 0 Å². The minimum atomic E-state index is -0.0415. The molecular weight excluding hydrogens is 901 g/mol. The fourth-order valence-corrected chi connectivity index (χ4v) is 11.2. The topological polar surface area (TPSA) is 201 Å². The first-order valence-electron chi connectivity index (χ1n) is 24.8. The molecule has 4 atom stereocenters. The number of methoxy groups -OCH3 is 4. The van der Waals surface area contributed by atoms with Gasteiger partial charge in [0.15, 0.2) is 11.6 Å². The predicted octanol–water partition coefficient (Wildman–Crippen LogP) is 6.58. The number of benzene rings is 2. The first kappa shape index (κ1) is 47.8. The smallest absolute Gasteiger partial charge is 0.254 e. The molecule has 3 aliphatic rings. The van der Waals surface area contributed by atoms with E-state index < -0.39 is 0 Å².